The molecule has 0 aliphatic carbocycles. The molecule has 2 aromatic rings. The van der Waals surface area contributed by atoms with Crippen molar-refractivity contribution in [3.8, 4) is 0 Å². The van der Waals surface area contributed by atoms with Gasteiger partial charge in [-0.3, -0.25) is 9.80 Å². The Bertz CT molecular complexity index is 2780. The smallest absolute Gasteiger partial charge is 0.414 e. The SMILES string of the molecule is C1CC2(CCN1)OCCO2.C=CS(=O)(=O)N1CCC2(CC1)OCCO2.Cc1cc(N(C)C(=O)OC(C)(C)C)cc(C)c1/C=C/S(=O)(=O)N1CCC2(CC1)OCCO2.Cc1cc(N(C)C(=O)OC(C)(C)C)cc(C)c1Br.O=S(=O)(Cl)CCCl. The van der Waals surface area contributed by atoms with Crippen LogP contribution in [0.4, 0.5) is 21.0 Å². The molecule has 0 saturated carbocycles. The molecule has 3 spiro atoms. The summed E-state index contributed by atoms with van der Waals surface area (Å²) < 4.78 is 117. The predicted octanol–water partition coefficient (Wildman–Crippen LogP) is 9.46. The molecule has 6 fully saturated rings. The van der Waals surface area contributed by atoms with Gasteiger partial charge < -0.3 is 43.2 Å². The van der Waals surface area contributed by atoms with Crippen molar-refractivity contribution < 1.29 is 72.7 Å². The third-order valence-electron chi connectivity index (χ3n) is 13.5. The molecule has 21 nitrogen and oxygen atoms in total. The highest BCUT2D eigenvalue weighted by Crippen LogP contribution is 2.35. The van der Waals surface area contributed by atoms with Crippen LogP contribution in [0.2, 0.25) is 0 Å². The highest BCUT2D eigenvalue weighted by molar-refractivity contribution is 9.10. The normalized spacial score (nSPS) is 19.8. The summed E-state index contributed by atoms with van der Waals surface area (Å²) in [6, 6.07) is 7.62. The van der Waals surface area contributed by atoms with E-state index in [1.807, 2.05) is 93.5 Å². The van der Waals surface area contributed by atoms with Crippen LogP contribution in [-0.2, 0) is 67.0 Å². The molecular formula is C55H86BrCl2N5O16S3. The molecule has 0 radical (unpaired) electrons. The molecule has 466 valence electrons. The maximum absolute atomic E-state index is 12.9. The second kappa shape index (κ2) is 30.6. The van der Waals surface area contributed by atoms with Gasteiger partial charge in [-0.1, -0.05) is 22.5 Å². The van der Waals surface area contributed by atoms with Crippen molar-refractivity contribution in [2.75, 3.05) is 114 Å². The molecule has 1 N–H and O–H groups in total. The number of aryl methyl sites for hydroxylation is 4. The number of nitrogens with one attached hydrogen (secondary N) is 1. The highest BCUT2D eigenvalue weighted by atomic mass is 79.9. The minimum Gasteiger partial charge on any atom is -0.443 e. The number of nitrogens with zero attached hydrogens (tertiary/aromatic N) is 4. The molecule has 8 rings (SSSR count). The Kier molecular flexibility index (Phi) is 26.7. The first-order chi connectivity index (χ1) is 38.0. The molecule has 2 aromatic carbocycles. The van der Waals surface area contributed by atoms with Gasteiger partial charge in [-0.2, -0.15) is 8.61 Å². The van der Waals surface area contributed by atoms with E-state index in [1.54, 1.807) is 20.2 Å². The van der Waals surface area contributed by atoms with Crippen molar-refractivity contribution in [3.05, 3.63) is 74.0 Å². The number of hydrogen-bond acceptors (Lipinski definition) is 17. The quantitative estimate of drug-likeness (QED) is 0.182. The predicted molar refractivity (Wildman–Crippen MR) is 324 cm³/mol. The van der Waals surface area contributed by atoms with Gasteiger partial charge >= 0.3 is 12.2 Å². The van der Waals surface area contributed by atoms with Gasteiger partial charge in [0.25, 0.3) is 0 Å². The number of rotatable bonds is 9. The third kappa shape index (κ3) is 22.4. The average molecular weight is 1320 g/mol. The molecule has 6 aliphatic heterocycles. The summed E-state index contributed by atoms with van der Waals surface area (Å²) in [4.78, 5) is 27.3. The largest absolute Gasteiger partial charge is 0.443 e. The molecule has 2 amide bonds. The van der Waals surface area contributed by atoms with Gasteiger partial charge in [0.2, 0.25) is 29.1 Å². The molecule has 6 aliphatic rings. The number of piperidine rings is 3. The fourth-order valence-electron chi connectivity index (χ4n) is 9.16. The van der Waals surface area contributed by atoms with Gasteiger partial charge in [-0.05, 0) is 127 Å². The summed E-state index contributed by atoms with van der Waals surface area (Å²) in [7, 11) is -2.08. The van der Waals surface area contributed by atoms with Gasteiger partial charge in [-0.25, -0.2) is 34.8 Å². The van der Waals surface area contributed by atoms with Gasteiger partial charge in [0, 0.05) is 135 Å². The van der Waals surface area contributed by atoms with Gasteiger partial charge in [0.15, 0.2) is 17.4 Å². The number of alkyl halides is 1. The monoisotopic (exact) mass is 1320 g/mol. The van der Waals surface area contributed by atoms with Gasteiger partial charge in [0.1, 0.15) is 11.2 Å². The van der Waals surface area contributed by atoms with E-state index in [2.05, 4.69) is 27.8 Å². The van der Waals surface area contributed by atoms with Crippen molar-refractivity contribution >= 4 is 96.9 Å². The molecule has 6 saturated heterocycles. The van der Waals surface area contributed by atoms with Gasteiger partial charge in [0.05, 0.1) is 45.4 Å². The Hall–Kier alpha value is -2.99. The third-order valence-corrected chi connectivity index (χ3v) is 19.4. The fourth-order valence-corrected chi connectivity index (χ4v) is 12.7. The number of halogens is 3. The van der Waals surface area contributed by atoms with E-state index >= 15 is 0 Å². The molecule has 0 atom stereocenters. The summed E-state index contributed by atoms with van der Waals surface area (Å²) in [6.07, 6.45) is 5.11. The highest BCUT2D eigenvalue weighted by Gasteiger charge is 2.43. The molecule has 0 bridgehead atoms. The van der Waals surface area contributed by atoms with E-state index in [0.717, 1.165) is 82.5 Å². The zero-order valence-electron chi connectivity index (χ0n) is 49.6. The summed E-state index contributed by atoms with van der Waals surface area (Å²) in [5, 5.41) is 5.52. The number of benzene rings is 2. The Balaban J connectivity index is 0.000000244. The lowest BCUT2D eigenvalue weighted by molar-refractivity contribution is -0.179. The number of ether oxygens (including phenoxy) is 8. The standard InChI is InChI=1S/C23H34N2O6S.C14H20BrNO2.C9H15NO4S.C7H13NO2.C2H4Cl2O2S/c1-17-15-19(24(6)21(26)31-22(3,4)5)16-18(2)20(17)7-14-32(27,28)25-10-8-23(9-11-25)29-12-13-30-23;1-9-7-11(8-10(2)12(9)15)16(6)13(17)18-14(3,4)5;1-2-15(11,12)10-5-3-9(4-6-10)13-7-8-14-9;1-3-8-4-2-7(1)9-5-6-10-7;3-1-2-7(4,5)6/h7,14-16H,8-13H2,1-6H3;7-8H,1-6H3;2H,1,3-8H2;8H,1-6H2;1-2H2/b14-7+;;;;. The van der Waals surface area contributed by atoms with Crippen LogP contribution >= 0.6 is 38.2 Å². The van der Waals surface area contributed by atoms with E-state index in [9.17, 15) is 34.8 Å². The van der Waals surface area contributed by atoms with Crippen LogP contribution in [-0.4, -0.2) is 179 Å². The maximum Gasteiger partial charge on any atom is 0.414 e. The average Bonchev–Trinajstić information content (AvgIpc) is 4.20. The van der Waals surface area contributed by atoms with Crippen LogP contribution in [0.3, 0.4) is 0 Å². The second-order valence-corrected chi connectivity index (χ2v) is 30.1. The summed E-state index contributed by atoms with van der Waals surface area (Å²) >= 11 is 8.54. The molecule has 82 heavy (non-hydrogen) atoms. The van der Waals surface area contributed by atoms with E-state index in [4.69, 9.17) is 60.2 Å². The lowest BCUT2D eigenvalue weighted by Gasteiger charge is -2.36. The molecule has 27 heteroatoms. The van der Waals surface area contributed by atoms with Crippen LogP contribution in [0.5, 0.6) is 0 Å². The maximum atomic E-state index is 12.9. The molecule has 0 aromatic heterocycles. The lowest BCUT2D eigenvalue weighted by Crippen LogP contribution is -2.46. The first kappa shape index (κ1) is 71.5. The zero-order chi connectivity index (χ0) is 61.5. The Morgan fingerprint density at radius 2 is 0.963 bits per heavy atom. The van der Waals surface area contributed by atoms with Crippen LogP contribution in [0.15, 0.2) is 46.1 Å². The van der Waals surface area contributed by atoms with E-state index in [-0.39, 0.29) is 23.5 Å². The van der Waals surface area contributed by atoms with Crippen molar-refractivity contribution in [3.63, 3.8) is 0 Å². The van der Waals surface area contributed by atoms with Crippen LogP contribution < -0.4 is 15.1 Å². The zero-order valence-corrected chi connectivity index (χ0v) is 55.1. The minimum absolute atomic E-state index is 0.0613. The number of amides is 2. The topological polar surface area (TPSA) is 235 Å². The minimum atomic E-state index is -3.56. The van der Waals surface area contributed by atoms with E-state index in [0.29, 0.717) is 84.0 Å². The summed E-state index contributed by atoms with van der Waals surface area (Å²) in [6.45, 7) is 29.7. The Labute approximate surface area is 505 Å². The number of carbonyl (C=O) groups excluding carboxylic acids is 2. The van der Waals surface area contributed by atoms with Crippen LogP contribution in [0.1, 0.15) is 108 Å². The summed E-state index contributed by atoms with van der Waals surface area (Å²) in [5.41, 5.74) is 5.20. The van der Waals surface area contributed by atoms with Crippen molar-refractivity contribution in [1.29, 1.82) is 0 Å². The number of sulfonamides is 2. The Morgan fingerprint density at radius 1 is 0.634 bits per heavy atom. The number of hydrogen-bond donors (Lipinski definition) is 1. The van der Waals surface area contributed by atoms with Crippen molar-refractivity contribution in [2.45, 2.75) is 136 Å². The lowest BCUT2D eigenvalue weighted by atomic mass is 10.0. The molecule has 0 unspecified atom stereocenters. The van der Waals surface area contributed by atoms with Crippen molar-refractivity contribution in [2.24, 2.45) is 0 Å². The molecular weight excluding hydrogens is 1230 g/mol. The fraction of sp³-hybridized carbons (Fsp3) is 0.673. The Morgan fingerprint density at radius 3 is 1.27 bits per heavy atom. The second-order valence-electron chi connectivity index (χ2n) is 22.3. The van der Waals surface area contributed by atoms with Crippen LogP contribution in [0, 0.1) is 27.7 Å². The van der Waals surface area contributed by atoms with E-state index < -0.39 is 58.0 Å². The van der Waals surface area contributed by atoms with Crippen molar-refractivity contribution in [1.82, 2.24) is 13.9 Å². The van der Waals surface area contributed by atoms with Crippen LogP contribution in [0.25, 0.3) is 6.08 Å². The molecule has 6 heterocycles. The first-order valence-electron chi connectivity index (χ1n) is 27.1. The van der Waals surface area contributed by atoms with E-state index in [1.165, 1.54) is 23.8 Å². The van der Waals surface area contributed by atoms with Gasteiger partial charge in [-0.15, -0.1) is 11.6 Å². The number of carbonyl (C=O) groups is 2. The first-order valence-corrected chi connectivity index (χ1v) is 34.0. The number of anilines is 2. The summed E-state index contributed by atoms with van der Waals surface area (Å²) in [5.74, 6) is -1.42.